The topological polar surface area (TPSA) is 37.8 Å². The summed E-state index contributed by atoms with van der Waals surface area (Å²) >= 11 is 3.20. The smallest absolute Gasteiger partial charge is 0.174 e. The summed E-state index contributed by atoms with van der Waals surface area (Å²) in [6, 6.07) is 6.58. The first-order valence-corrected chi connectivity index (χ1v) is 8.12. The minimum atomic E-state index is 0.898. The van der Waals surface area contributed by atoms with E-state index in [1.807, 2.05) is 0 Å². The van der Waals surface area contributed by atoms with Gasteiger partial charge in [0.2, 0.25) is 0 Å². The predicted molar refractivity (Wildman–Crippen MR) is 82.0 cm³/mol. The van der Waals surface area contributed by atoms with Gasteiger partial charge in [0.15, 0.2) is 4.34 Å². The van der Waals surface area contributed by atoms with Crippen LogP contribution in [0, 0.1) is 6.92 Å². The molecule has 0 atom stereocenters. The number of aromatic nitrogens is 2. The average Bonchev–Trinajstić information content (AvgIpc) is 2.86. The lowest BCUT2D eigenvalue weighted by molar-refractivity contribution is 0.717. The van der Waals surface area contributed by atoms with Crippen LogP contribution in [0.15, 0.2) is 27.4 Å². The second-order valence-electron chi connectivity index (χ2n) is 4.32. The third-order valence-corrected chi connectivity index (χ3v) is 4.65. The van der Waals surface area contributed by atoms with Gasteiger partial charge in [-0.25, -0.2) is 4.98 Å². The molecule has 1 N–H and O–H groups in total. The first-order chi connectivity index (χ1) is 9.22. The number of rotatable bonds is 6. The second-order valence-corrected chi connectivity index (χ2v) is 6.36. The van der Waals surface area contributed by atoms with Gasteiger partial charge in [-0.1, -0.05) is 43.3 Å². The number of benzene rings is 1. The van der Waals surface area contributed by atoms with E-state index in [1.54, 1.807) is 11.8 Å². The molecule has 3 nitrogen and oxygen atoms in total. The van der Waals surface area contributed by atoms with Gasteiger partial charge in [-0.3, -0.25) is 0 Å². The lowest BCUT2D eigenvalue weighted by Gasteiger charge is -2.09. The molecule has 0 saturated heterocycles. The maximum absolute atomic E-state index is 4.52. The van der Waals surface area contributed by atoms with Crippen LogP contribution in [0.1, 0.15) is 30.8 Å². The zero-order valence-corrected chi connectivity index (χ0v) is 13.2. The maximum atomic E-state index is 4.52. The number of hydrogen-bond donors (Lipinski definition) is 1. The van der Waals surface area contributed by atoms with Crippen LogP contribution in [-0.2, 0) is 13.0 Å². The van der Waals surface area contributed by atoms with Gasteiger partial charge in [0.05, 0.1) is 0 Å². The Bertz CT molecular complexity index is 537. The van der Waals surface area contributed by atoms with E-state index in [0.29, 0.717) is 0 Å². The Labute approximate surface area is 123 Å². The quantitative estimate of drug-likeness (QED) is 0.882. The fourth-order valence-electron chi connectivity index (χ4n) is 1.72. The molecule has 1 aromatic heterocycles. The SMILES string of the molecule is CCNCc1cc(C)ccc1Sc1nc(CC)ns1. The molecule has 5 heteroatoms. The van der Waals surface area contributed by atoms with Crippen molar-refractivity contribution in [2.75, 3.05) is 6.54 Å². The summed E-state index contributed by atoms with van der Waals surface area (Å²) in [5.74, 6) is 0.938. The summed E-state index contributed by atoms with van der Waals surface area (Å²) in [6.45, 7) is 8.22. The van der Waals surface area contributed by atoms with Crippen molar-refractivity contribution in [3.63, 3.8) is 0 Å². The molecule has 0 unspecified atom stereocenters. The molecular weight excluding hydrogens is 274 g/mol. The van der Waals surface area contributed by atoms with Crippen molar-refractivity contribution in [3.05, 3.63) is 35.2 Å². The van der Waals surface area contributed by atoms with Gasteiger partial charge in [-0.15, -0.1) is 0 Å². The molecule has 102 valence electrons. The Balaban J connectivity index is 2.18. The minimum Gasteiger partial charge on any atom is -0.313 e. The molecule has 0 aliphatic rings. The molecule has 0 fully saturated rings. The predicted octanol–water partition coefficient (Wildman–Crippen LogP) is 3.67. The Kier molecular flexibility index (Phi) is 5.36. The molecule has 1 heterocycles. The fraction of sp³-hybridized carbons (Fsp3) is 0.429. The van der Waals surface area contributed by atoms with Crippen LogP contribution in [-0.4, -0.2) is 15.9 Å². The van der Waals surface area contributed by atoms with E-state index in [-0.39, 0.29) is 0 Å². The highest BCUT2D eigenvalue weighted by Crippen LogP contribution is 2.32. The Morgan fingerprint density at radius 3 is 2.84 bits per heavy atom. The number of aryl methyl sites for hydroxylation is 2. The van der Waals surface area contributed by atoms with Crippen LogP contribution in [0.5, 0.6) is 0 Å². The first-order valence-electron chi connectivity index (χ1n) is 6.53. The van der Waals surface area contributed by atoms with Crippen molar-refractivity contribution >= 4 is 23.3 Å². The summed E-state index contributed by atoms with van der Waals surface area (Å²) < 4.78 is 5.36. The lowest BCUT2D eigenvalue weighted by atomic mass is 10.1. The highest BCUT2D eigenvalue weighted by Gasteiger charge is 2.08. The van der Waals surface area contributed by atoms with Gasteiger partial charge in [-0.2, -0.15) is 4.37 Å². The van der Waals surface area contributed by atoms with Crippen molar-refractivity contribution in [2.45, 2.75) is 43.0 Å². The van der Waals surface area contributed by atoms with Gasteiger partial charge in [0.25, 0.3) is 0 Å². The largest absolute Gasteiger partial charge is 0.313 e. The fourth-order valence-corrected chi connectivity index (χ4v) is 3.49. The van der Waals surface area contributed by atoms with Crippen LogP contribution in [0.3, 0.4) is 0 Å². The van der Waals surface area contributed by atoms with Crippen molar-refractivity contribution in [1.29, 1.82) is 0 Å². The Morgan fingerprint density at radius 1 is 1.32 bits per heavy atom. The van der Waals surface area contributed by atoms with Crippen molar-refractivity contribution in [3.8, 4) is 0 Å². The van der Waals surface area contributed by atoms with Crippen molar-refractivity contribution in [2.24, 2.45) is 0 Å². The monoisotopic (exact) mass is 293 g/mol. The van der Waals surface area contributed by atoms with E-state index < -0.39 is 0 Å². The van der Waals surface area contributed by atoms with Crippen molar-refractivity contribution < 1.29 is 0 Å². The maximum Gasteiger partial charge on any atom is 0.174 e. The number of hydrogen-bond acceptors (Lipinski definition) is 5. The van der Waals surface area contributed by atoms with Gasteiger partial charge in [0.1, 0.15) is 5.82 Å². The third-order valence-electron chi connectivity index (χ3n) is 2.74. The molecule has 0 spiro atoms. The molecule has 19 heavy (non-hydrogen) atoms. The van der Waals surface area contributed by atoms with E-state index in [1.165, 1.54) is 27.6 Å². The molecule has 0 aliphatic carbocycles. The van der Waals surface area contributed by atoms with E-state index >= 15 is 0 Å². The summed E-state index contributed by atoms with van der Waals surface area (Å²) in [5.41, 5.74) is 2.63. The average molecular weight is 293 g/mol. The van der Waals surface area contributed by atoms with Crippen LogP contribution in [0.2, 0.25) is 0 Å². The summed E-state index contributed by atoms with van der Waals surface area (Å²) in [5, 5.41) is 3.39. The van der Waals surface area contributed by atoms with Gasteiger partial charge in [0, 0.05) is 17.9 Å². The molecule has 0 amide bonds. The van der Waals surface area contributed by atoms with Crippen LogP contribution >= 0.6 is 23.3 Å². The highest BCUT2D eigenvalue weighted by atomic mass is 32.2. The molecule has 0 radical (unpaired) electrons. The Morgan fingerprint density at radius 2 is 2.16 bits per heavy atom. The summed E-state index contributed by atoms with van der Waals surface area (Å²) in [4.78, 5) is 5.79. The van der Waals surface area contributed by atoms with Crippen LogP contribution < -0.4 is 5.32 Å². The molecular formula is C14H19N3S2. The normalized spacial score (nSPS) is 10.9. The zero-order valence-electron chi connectivity index (χ0n) is 11.6. The molecule has 1 aromatic carbocycles. The molecule has 0 saturated carbocycles. The first kappa shape index (κ1) is 14.5. The van der Waals surface area contributed by atoms with E-state index in [9.17, 15) is 0 Å². The van der Waals surface area contributed by atoms with E-state index in [4.69, 9.17) is 0 Å². The van der Waals surface area contributed by atoms with Gasteiger partial charge in [-0.05, 0) is 36.6 Å². The standard InChI is InChI=1S/C14H19N3S2/c1-4-13-16-14(19-17-13)18-12-7-6-10(3)8-11(12)9-15-5-2/h6-8,15H,4-5,9H2,1-3H3. The highest BCUT2D eigenvalue weighted by molar-refractivity contribution is 8.01. The van der Waals surface area contributed by atoms with E-state index in [2.05, 4.69) is 53.6 Å². The van der Waals surface area contributed by atoms with E-state index in [0.717, 1.165) is 29.7 Å². The third kappa shape index (κ3) is 4.03. The van der Waals surface area contributed by atoms with Crippen LogP contribution in [0.4, 0.5) is 0 Å². The zero-order chi connectivity index (χ0) is 13.7. The number of nitrogens with one attached hydrogen (secondary N) is 1. The Hall–Kier alpha value is -0.910. The molecule has 2 aromatic rings. The van der Waals surface area contributed by atoms with Gasteiger partial charge < -0.3 is 5.32 Å². The van der Waals surface area contributed by atoms with Crippen LogP contribution in [0.25, 0.3) is 0 Å². The minimum absolute atomic E-state index is 0.898. The molecule has 0 aliphatic heterocycles. The summed E-state index contributed by atoms with van der Waals surface area (Å²) in [6.07, 6.45) is 0.898. The lowest BCUT2D eigenvalue weighted by Crippen LogP contribution is -2.12. The van der Waals surface area contributed by atoms with Crippen molar-refractivity contribution in [1.82, 2.24) is 14.7 Å². The second kappa shape index (κ2) is 7.03. The number of nitrogens with zero attached hydrogens (tertiary/aromatic N) is 2. The molecule has 2 rings (SSSR count). The van der Waals surface area contributed by atoms with Gasteiger partial charge >= 0.3 is 0 Å². The summed E-state index contributed by atoms with van der Waals surface area (Å²) in [7, 11) is 0. The molecule has 0 bridgehead atoms.